The molecule has 0 spiro atoms. The van der Waals surface area contributed by atoms with Crippen molar-refractivity contribution in [2.45, 2.75) is 32.6 Å². The van der Waals surface area contributed by atoms with Crippen molar-refractivity contribution in [3.8, 4) is 11.8 Å². The molecule has 0 aliphatic heterocycles. The van der Waals surface area contributed by atoms with Crippen molar-refractivity contribution < 1.29 is 22.0 Å². The molecule has 0 unspecified atom stereocenters. The highest BCUT2D eigenvalue weighted by atomic mass is 19.2. The van der Waals surface area contributed by atoms with Gasteiger partial charge in [-0.05, 0) is 103 Å². The van der Waals surface area contributed by atoms with E-state index in [1.54, 1.807) is 18.2 Å². The van der Waals surface area contributed by atoms with Gasteiger partial charge < -0.3 is 0 Å². The molecule has 36 heavy (non-hydrogen) atoms. The fourth-order valence-electron chi connectivity index (χ4n) is 3.99. The van der Waals surface area contributed by atoms with Crippen LogP contribution in [0.1, 0.15) is 41.2 Å². The molecule has 0 amide bonds. The molecule has 4 aromatic rings. The molecule has 5 heteroatoms. The van der Waals surface area contributed by atoms with E-state index in [1.807, 2.05) is 25.1 Å². The number of rotatable bonds is 6. The second kappa shape index (κ2) is 11.2. The molecule has 4 aromatic carbocycles. The first-order valence-electron chi connectivity index (χ1n) is 11.6. The van der Waals surface area contributed by atoms with Crippen molar-refractivity contribution >= 4 is 10.8 Å². The van der Waals surface area contributed by atoms with Gasteiger partial charge in [-0.25, -0.2) is 22.0 Å². The lowest BCUT2D eigenvalue weighted by Gasteiger charge is -2.08. The summed E-state index contributed by atoms with van der Waals surface area (Å²) in [6, 6.07) is 14.3. The van der Waals surface area contributed by atoms with E-state index < -0.39 is 23.3 Å². The van der Waals surface area contributed by atoms with Gasteiger partial charge in [0.25, 0.3) is 0 Å². The number of halogens is 5. The zero-order valence-electron chi connectivity index (χ0n) is 19.6. The molecule has 4 rings (SSSR count). The van der Waals surface area contributed by atoms with E-state index in [1.165, 1.54) is 24.3 Å². The average molecular weight is 491 g/mol. The summed E-state index contributed by atoms with van der Waals surface area (Å²) in [6.45, 7) is 1.94. The van der Waals surface area contributed by atoms with E-state index in [0.717, 1.165) is 30.5 Å². The molecule has 0 fully saturated rings. The first-order valence-corrected chi connectivity index (χ1v) is 11.6. The normalized spacial score (nSPS) is 11.2. The van der Waals surface area contributed by atoms with Gasteiger partial charge in [0, 0.05) is 5.56 Å². The third kappa shape index (κ3) is 6.01. The zero-order chi connectivity index (χ0) is 25.7. The molecular weight excluding hydrogens is 467 g/mol. The van der Waals surface area contributed by atoms with Gasteiger partial charge in [-0.1, -0.05) is 42.2 Å². The summed E-state index contributed by atoms with van der Waals surface area (Å²) < 4.78 is 70.7. The van der Waals surface area contributed by atoms with Gasteiger partial charge in [0.05, 0.1) is 5.56 Å². The lowest BCUT2D eigenvalue weighted by atomic mass is 10.00. The average Bonchev–Trinajstić information content (AvgIpc) is 2.84. The van der Waals surface area contributed by atoms with E-state index in [4.69, 9.17) is 0 Å². The van der Waals surface area contributed by atoms with Crippen LogP contribution >= 0.6 is 0 Å². The molecule has 0 saturated heterocycles. The Morgan fingerprint density at radius 1 is 0.611 bits per heavy atom. The van der Waals surface area contributed by atoms with Crippen LogP contribution in [0.3, 0.4) is 0 Å². The van der Waals surface area contributed by atoms with Gasteiger partial charge in [-0.15, -0.1) is 0 Å². The summed E-state index contributed by atoms with van der Waals surface area (Å²) in [4.78, 5) is 0. The number of aryl methyl sites for hydroxylation is 3. The van der Waals surface area contributed by atoms with Crippen LogP contribution in [0.2, 0.25) is 0 Å². The summed E-state index contributed by atoms with van der Waals surface area (Å²) in [6.07, 6.45) is 6.13. The molecule has 0 nitrogen and oxygen atoms in total. The van der Waals surface area contributed by atoms with Crippen LogP contribution in [-0.4, -0.2) is 0 Å². The van der Waals surface area contributed by atoms with E-state index >= 15 is 0 Å². The maximum atomic E-state index is 14.7. The molecule has 0 atom stereocenters. The summed E-state index contributed by atoms with van der Waals surface area (Å²) in [5, 5.41) is 0.913. The smallest absolute Gasteiger partial charge is 0.159 e. The number of fused-ring (bicyclic) bond motifs is 1. The molecule has 0 bridgehead atoms. The third-order valence-electron chi connectivity index (χ3n) is 5.95. The SMILES string of the molecule is C/C=C/CCc1ccc(CCc2cc(F)c(C#Cc3ccc4cc(F)c(F)cc4c3)c(F)c2)c(F)c1. The molecule has 0 radical (unpaired) electrons. The van der Waals surface area contributed by atoms with Crippen LogP contribution in [0.15, 0.2) is 72.8 Å². The Bertz CT molecular complexity index is 1480. The van der Waals surface area contributed by atoms with Crippen LogP contribution in [0.5, 0.6) is 0 Å². The predicted molar refractivity (Wildman–Crippen MR) is 133 cm³/mol. The zero-order valence-corrected chi connectivity index (χ0v) is 19.6. The van der Waals surface area contributed by atoms with Crippen LogP contribution in [0, 0.1) is 40.9 Å². The van der Waals surface area contributed by atoms with Crippen LogP contribution in [0.25, 0.3) is 10.8 Å². The highest BCUT2D eigenvalue weighted by Gasteiger charge is 2.11. The summed E-state index contributed by atoms with van der Waals surface area (Å²) in [7, 11) is 0. The fourth-order valence-corrected chi connectivity index (χ4v) is 3.99. The second-order valence-corrected chi connectivity index (χ2v) is 8.55. The van der Waals surface area contributed by atoms with Gasteiger partial charge in [0.2, 0.25) is 0 Å². The van der Waals surface area contributed by atoms with Gasteiger partial charge >= 0.3 is 0 Å². The Morgan fingerprint density at radius 3 is 2.00 bits per heavy atom. The third-order valence-corrected chi connectivity index (χ3v) is 5.95. The number of hydrogen-bond acceptors (Lipinski definition) is 0. The first kappa shape index (κ1) is 25.2. The quantitative estimate of drug-likeness (QED) is 0.145. The predicted octanol–water partition coefficient (Wildman–Crippen LogP) is 8.23. The van der Waals surface area contributed by atoms with Crippen LogP contribution in [0.4, 0.5) is 22.0 Å². The first-order chi connectivity index (χ1) is 17.3. The molecule has 0 aliphatic carbocycles. The Hall–Kier alpha value is -3.91. The van der Waals surface area contributed by atoms with Crippen molar-refractivity contribution in [1.82, 2.24) is 0 Å². The molecule has 182 valence electrons. The molecule has 0 aliphatic rings. The van der Waals surface area contributed by atoms with Crippen LogP contribution in [-0.2, 0) is 19.3 Å². The Balaban J connectivity index is 1.48. The maximum absolute atomic E-state index is 14.7. The van der Waals surface area contributed by atoms with E-state index in [0.29, 0.717) is 33.9 Å². The summed E-state index contributed by atoms with van der Waals surface area (Å²) in [5.41, 5.74) is 1.80. The largest absolute Gasteiger partial charge is 0.207 e. The highest BCUT2D eigenvalue weighted by molar-refractivity contribution is 5.84. The van der Waals surface area contributed by atoms with Crippen molar-refractivity contribution in [2.24, 2.45) is 0 Å². The summed E-state index contributed by atoms with van der Waals surface area (Å²) >= 11 is 0. The van der Waals surface area contributed by atoms with Crippen molar-refractivity contribution in [2.75, 3.05) is 0 Å². The minimum atomic E-state index is -0.986. The van der Waals surface area contributed by atoms with Crippen molar-refractivity contribution in [1.29, 1.82) is 0 Å². The highest BCUT2D eigenvalue weighted by Crippen LogP contribution is 2.21. The van der Waals surface area contributed by atoms with Crippen LogP contribution < -0.4 is 0 Å². The topological polar surface area (TPSA) is 0 Å². The lowest BCUT2D eigenvalue weighted by Crippen LogP contribution is -1.99. The van der Waals surface area contributed by atoms with E-state index in [2.05, 4.69) is 11.8 Å². The number of allylic oxidation sites excluding steroid dienone is 2. The minimum absolute atomic E-state index is 0.267. The standard InChI is InChI=1S/C31H23F5/c1-2-3-4-5-20-6-10-23(27(32)15-20)11-8-22-16-28(33)26(29(34)17-22)13-9-21-7-12-24-18-30(35)31(36)19-25(24)14-21/h2-3,6-7,10,12,14-19H,4-5,8,11H2,1H3/b3-2+. The number of hydrogen-bond donors (Lipinski definition) is 0. The Morgan fingerprint density at radius 2 is 1.31 bits per heavy atom. The second-order valence-electron chi connectivity index (χ2n) is 8.55. The maximum Gasteiger partial charge on any atom is 0.159 e. The molecule has 0 heterocycles. The molecule has 0 aromatic heterocycles. The molecular formula is C31H23F5. The van der Waals surface area contributed by atoms with E-state index in [9.17, 15) is 22.0 Å². The van der Waals surface area contributed by atoms with Crippen molar-refractivity contribution in [3.63, 3.8) is 0 Å². The fraction of sp³-hybridized carbons (Fsp3) is 0.161. The van der Waals surface area contributed by atoms with Crippen molar-refractivity contribution in [3.05, 3.63) is 130 Å². The number of benzene rings is 4. The van der Waals surface area contributed by atoms with Gasteiger partial charge in [-0.3, -0.25) is 0 Å². The Kier molecular flexibility index (Phi) is 7.85. The Labute approximate surface area is 207 Å². The van der Waals surface area contributed by atoms with Gasteiger partial charge in [-0.2, -0.15) is 0 Å². The summed E-state index contributed by atoms with van der Waals surface area (Å²) in [5.74, 6) is 1.28. The lowest BCUT2D eigenvalue weighted by molar-refractivity contribution is 0.511. The van der Waals surface area contributed by atoms with Gasteiger partial charge in [0.15, 0.2) is 11.6 Å². The monoisotopic (exact) mass is 490 g/mol. The van der Waals surface area contributed by atoms with Gasteiger partial charge in [0.1, 0.15) is 17.5 Å². The molecule has 0 saturated carbocycles. The van der Waals surface area contributed by atoms with E-state index in [-0.39, 0.29) is 17.8 Å². The minimum Gasteiger partial charge on any atom is -0.207 e. The molecule has 0 N–H and O–H groups in total.